The van der Waals surface area contributed by atoms with Crippen LogP contribution in [-0.2, 0) is 4.79 Å². The van der Waals surface area contributed by atoms with Crippen molar-refractivity contribution in [1.82, 2.24) is 0 Å². The molecule has 0 aliphatic carbocycles. The van der Waals surface area contributed by atoms with Crippen molar-refractivity contribution < 1.29 is 9.53 Å². The van der Waals surface area contributed by atoms with Crippen LogP contribution in [0.1, 0.15) is 17.9 Å². The molecule has 0 spiro atoms. The summed E-state index contributed by atoms with van der Waals surface area (Å²) in [5.41, 5.74) is 2.06. The molecule has 0 saturated carbocycles. The first kappa shape index (κ1) is 10.6. The molecular weight excluding hydrogens is 238 g/mol. The monoisotopic (exact) mass is 251 g/mol. The summed E-state index contributed by atoms with van der Waals surface area (Å²) >= 11 is 0. The SMILES string of the molecule is O=C1CC2c3ccccc3OC2N1c1ccccc1. The first-order valence-electron chi connectivity index (χ1n) is 6.47. The number of fused-ring (bicyclic) bond motifs is 3. The quantitative estimate of drug-likeness (QED) is 0.780. The van der Waals surface area contributed by atoms with Gasteiger partial charge in [-0.1, -0.05) is 36.4 Å². The van der Waals surface area contributed by atoms with E-state index in [0.29, 0.717) is 6.42 Å². The molecule has 2 heterocycles. The Kier molecular flexibility index (Phi) is 2.15. The highest BCUT2D eigenvalue weighted by Gasteiger charge is 2.47. The van der Waals surface area contributed by atoms with Gasteiger partial charge in [0.15, 0.2) is 6.23 Å². The van der Waals surface area contributed by atoms with E-state index in [-0.39, 0.29) is 18.1 Å². The molecule has 1 fully saturated rings. The predicted molar refractivity (Wildman–Crippen MR) is 72.1 cm³/mol. The zero-order valence-corrected chi connectivity index (χ0v) is 10.3. The molecule has 0 aromatic heterocycles. The Hall–Kier alpha value is -2.29. The van der Waals surface area contributed by atoms with E-state index in [1.54, 1.807) is 4.90 Å². The molecule has 0 N–H and O–H groups in total. The van der Waals surface area contributed by atoms with Gasteiger partial charge in [-0.2, -0.15) is 0 Å². The van der Waals surface area contributed by atoms with Crippen LogP contribution in [0.2, 0.25) is 0 Å². The van der Waals surface area contributed by atoms with Gasteiger partial charge in [0.05, 0.1) is 5.92 Å². The lowest BCUT2D eigenvalue weighted by Gasteiger charge is -2.23. The van der Waals surface area contributed by atoms with E-state index in [1.807, 2.05) is 48.5 Å². The van der Waals surface area contributed by atoms with Crippen molar-refractivity contribution in [2.75, 3.05) is 4.90 Å². The highest BCUT2D eigenvalue weighted by molar-refractivity contribution is 5.97. The topological polar surface area (TPSA) is 29.5 Å². The van der Waals surface area contributed by atoms with Crippen LogP contribution < -0.4 is 9.64 Å². The van der Waals surface area contributed by atoms with Gasteiger partial charge >= 0.3 is 0 Å². The van der Waals surface area contributed by atoms with Crippen molar-refractivity contribution in [3.8, 4) is 5.75 Å². The fourth-order valence-electron chi connectivity index (χ4n) is 3.01. The van der Waals surface area contributed by atoms with Gasteiger partial charge < -0.3 is 4.74 Å². The van der Waals surface area contributed by atoms with Crippen molar-refractivity contribution in [1.29, 1.82) is 0 Å². The fraction of sp³-hybridized carbons (Fsp3) is 0.188. The van der Waals surface area contributed by atoms with E-state index in [1.165, 1.54) is 0 Å². The average Bonchev–Trinajstić information content (AvgIpc) is 2.94. The molecule has 3 heteroatoms. The van der Waals surface area contributed by atoms with Crippen LogP contribution in [0.15, 0.2) is 54.6 Å². The van der Waals surface area contributed by atoms with Crippen molar-refractivity contribution >= 4 is 11.6 Å². The maximum atomic E-state index is 12.2. The number of anilines is 1. The molecule has 94 valence electrons. The molecule has 2 aliphatic rings. The van der Waals surface area contributed by atoms with Gasteiger partial charge in [-0.15, -0.1) is 0 Å². The molecule has 2 unspecified atom stereocenters. The summed E-state index contributed by atoms with van der Waals surface area (Å²) in [6, 6.07) is 17.7. The zero-order chi connectivity index (χ0) is 12.8. The van der Waals surface area contributed by atoms with Crippen LogP contribution in [0, 0.1) is 0 Å². The Morgan fingerprint density at radius 1 is 1.00 bits per heavy atom. The number of ether oxygens (including phenoxy) is 1. The minimum absolute atomic E-state index is 0.135. The number of rotatable bonds is 1. The Morgan fingerprint density at radius 3 is 2.58 bits per heavy atom. The third kappa shape index (κ3) is 1.48. The van der Waals surface area contributed by atoms with E-state index in [4.69, 9.17) is 4.74 Å². The van der Waals surface area contributed by atoms with Crippen LogP contribution in [0.25, 0.3) is 0 Å². The number of hydrogen-bond acceptors (Lipinski definition) is 2. The van der Waals surface area contributed by atoms with Gasteiger partial charge in [0, 0.05) is 17.7 Å². The molecule has 4 rings (SSSR count). The molecule has 1 amide bonds. The predicted octanol–water partition coefficient (Wildman–Crippen LogP) is 2.93. The van der Waals surface area contributed by atoms with Crippen molar-refractivity contribution in [3.63, 3.8) is 0 Å². The van der Waals surface area contributed by atoms with Crippen LogP contribution in [0.3, 0.4) is 0 Å². The van der Waals surface area contributed by atoms with Gasteiger partial charge in [0.2, 0.25) is 5.91 Å². The largest absolute Gasteiger partial charge is 0.469 e. The first-order chi connectivity index (χ1) is 9.34. The van der Waals surface area contributed by atoms with E-state index < -0.39 is 0 Å². The third-order valence-corrected chi connectivity index (χ3v) is 3.86. The average molecular weight is 251 g/mol. The number of para-hydroxylation sites is 2. The van der Waals surface area contributed by atoms with Gasteiger partial charge in [0.25, 0.3) is 0 Å². The Morgan fingerprint density at radius 2 is 1.74 bits per heavy atom. The van der Waals surface area contributed by atoms with Gasteiger partial charge in [-0.25, -0.2) is 0 Å². The normalized spacial score (nSPS) is 24.0. The second-order valence-corrected chi connectivity index (χ2v) is 4.96. The molecule has 2 atom stereocenters. The minimum Gasteiger partial charge on any atom is -0.469 e. The summed E-state index contributed by atoms with van der Waals surface area (Å²) in [7, 11) is 0. The lowest BCUT2D eigenvalue weighted by molar-refractivity contribution is -0.117. The van der Waals surface area contributed by atoms with Crippen molar-refractivity contribution in [2.24, 2.45) is 0 Å². The second kappa shape index (κ2) is 3.85. The molecule has 19 heavy (non-hydrogen) atoms. The summed E-state index contributed by atoms with van der Waals surface area (Å²) in [5, 5.41) is 0. The number of nitrogens with zero attached hydrogens (tertiary/aromatic N) is 1. The number of carbonyl (C=O) groups excluding carboxylic acids is 1. The van der Waals surface area contributed by atoms with Gasteiger partial charge in [0.1, 0.15) is 5.75 Å². The van der Waals surface area contributed by atoms with E-state index in [2.05, 4.69) is 6.07 Å². The number of carbonyl (C=O) groups is 1. The highest BCUT2D eigenvalue weighted by atomic mass is 16.5. The highest BCUT2D eigenvalue weighted by Crippen LogP contribution is 2.46. The molecule has 2 aliphatic heterocycles. The van der Waals surface area contributed by atoms with E-state index in [9.17, 15) is 4.79 Å². The van der Waals surface area contributed by atoms with Crippen LogP contribution in [-0.4, -0.2) is 12.1 Å². The lowest BCUT2D eigenvalue weighted by Crippen LogP contribution is -2.36. The van der Waals surface area contributed by atoms with Crippen LogP contribution >= 0.6 is 0 Å². The van der Waals surface area contributed by atoms with Crippen LogP contribution in [0.4, 0.5) is 5.69 Å². The standard InChI is InChI=1S/C16H13NO2/c18-15-10-13-12-8-4-5-9-14(12)19-16(13)17(15)11-6-2-1-3-7-11/h1-9,13,16H,10H2. The van der Waals surface area contributed by atoms with Crippen molar-refractivity contribution in [3.05, 3.63) is 60.2 Å². The molecule has 2 aromatic rings. The van der Waals surface area contributed by atoms with Gasteiger partial charge in [-0.3, -0.25) is 9.69 Å². The smallest absolute Gasteiger partial charge is 0.230 e. The van der Waals surface area contributed by atoms with Gasteiger partial charge in [-0.05, 0) is 18.2 Å². The number of amides is 1. The molecule has 3 nitrogen and oxygen atoms in total. The van der Waals surface area contributed by atoms with Crippen LogP contribution in [0.5, 0.6) is 5.75 Å². The summed E-state index contributed by atoms with van der Waals surface area (Å²) < 4.78 is 5.97. The van der Waals surface area contributed by atoms with E-state index in [0.717, 1.165) is 17.0 Å². The first-order valence-corrected chi connectivity index (χ1v) is 6.47. The zero-order valence-electron chi connectivity index (χ0n) is 10.3. The van der Waals surface area contributed by atoms with Crippen molar-refractivity contribution in [2.45, 2.75) is 18.6 Å². The Balaban J connectivity index is 1.76. The molecule has 0 radical (unpaired) electrons. The molecular formula is C16H13NO2. The fourth-order valence-corrected chi connectivity index (χ4v) is 3.01. The Labute approximate surface area is 111 Å². The summed E-state index contributed by atoms with van der Waals surface area (Å²) in [6.45, 7) is 0. The van der Waals surface area contributed by atoms with E-state index >= 15 is 0 Å². The third-order valence-electron chi connectivity index (χ3n) is 3.86. The number of benzene rings is 2. The molecule has 0 bridgehead atoms. The Bertz CT molecular complexity index is 638. The minimum atomic E-state index is -0.188. The maximum absolute atomic E-state index is 12.2. The summed E-state index contributed by atoms with van der Waals surface area (Å²) in [4.78, 5) is 14.0. The molecule has 2 aromatic carbocycles. The lowest BCUT2D eigenvalue weighted by atomic mass is 9.98. The summed E-state index contributed by atoms with van der Waals surface area (Å²) in [5.74, 6) is 1.20. The maximum Gasteiger partial charge on any atom is 0.230 e. The second-order valence-electron chi connectivity index (χ2n) is 4.96. The summed E-state index contributed by atoms with van der Waals surface area (Å²) in [6.07, 6.45) is 0.337. The molecule has 1 saturated heterocycles. The number of hydrogen-bond donors (Lipinski definition) is 0.